The van der Waals surface area contributed by atoms with E-state index < -0.39 is 0 Å². The van der Waals surface area contributed by atoms with E-state index in [1.54, 1.807) is 11.0 Å². The molecular formula is C18H20N4O2. The fourth-order valence-electron chi connectivity index (χ4n) is 3.44. The fourth-order valence-corrected chi connectivity index (χ4v) is 3.44. The third-order valence-electron chi connectivity index (χ3n) is 4.62. The van der Waals surface area contributed by atoms with E-state index in [1.165, 1.54) is 11.9 Å². The Morgan fingerprint density at radius 2 is 2.00 bits per heavy atom. The maximum absolute atomic E-state index is 12.7. The van der Waals surface area contributed by atoms with Gasteiger partial charge in [0.15, 0.2) is 0 Å². The van der Waals surface area contributed by atoms with Gasteiger partial charge >= 0.3 is 0 Å². The van der Waals surface area contributed by atoms with Gasteiger partial charge < -0.3 is 14.5 Å². The molecule has 124 valence electrons. The highest BCUT2D eigenvalue weighted by atomic mass is 16.5. The zero-order valence-corrected chi connectivity index (χ0v) is 13.7. The highest BCUT2D eigenvalue weighted by Crippen LogP contribution is 2.37. The number of benzene rings is 1. The smallest absolute Gasteiger partial charge is 0.272 e. The number of anilines is 2. The Morgan fingerprint density at radius 3 is 2.83 bits per heavy atom. The summed E-state index contributed by atoms with van der Waals surface area (Å²) in [6.45, 7) is 4.56. The van der Waals surface area contributed by atoms with Crippen LogP contribution in [0.5, 0.6) is 0 Å². The van der Waals surface area contributed by atoms with Crippen LogP contribution < -0.4 is 4.90 Å². The Morgan fingerprint density at radius 1 is 1.21 bits per heavy atom. The number of aromatic nitrogens is 2. The number of amides is 1. The molecule has 4 rings (SSSR count). The van der Waals surface area contributed by atoms with Gasteiger partial charge in [-0.3, -0.25) is 4.79 Å². The Labute approximate surface area is 141 Å². The van der Waals surface area contributed by atoms with Crippen LogP contribution in [-0.4, -0.2) is 53.1 Å². The van der Waals surface area contributed by atoms with E-state index in [9.17, 15) is 4.79 Å². The molecule has 0 spiro atoms. The van der Waals surface area contributed by atoms with Gasteiger partial charge in [0.05, 0.1) is 13.2 Å². The van der Waals surface area contributed by atoms with Gasteiger partial charge in [0.25, 0.3) is 5.91 Å². The van der Waals surface area contributed by atoms with Gasteiger partial charge in [-0.15, -0.1) is 0 Å². The summed E-state index contributed by atoms with van der Waals surface area (Å²) in [4.78, 5) is 25.2. The Bertz CT molecular complexity index is 758. The highest BCUT2D eigenvalue weighted by Gasteiger charge is 2.29. The molecule has 3 heterocycles. The van der Waals surface area contributed by atoms with E-state index in [0.29, 0.717) is 38.0 Å². The van der Waals surface area contributed by atoms with Gasteiger partial charge in [0, 0.05) is 30.9 Å². The van der Waals surface area contributed by atoms with Crippen LogP contribution in [0.25, 0.3) is 0 Å². The number of ether oxygens (including phenoxy) is 1. The summed E-state index contributed by atoms with van der Waals surface area (Å²) in [5, 5.41) is 0. The largest absolute Gasteiger partial charge is 0.378 e. The van der Waals surface area contributed by atoms with Crippen LogP contribution in [0.3, 0.4) is 0 Å². The van der Waals surface area contributed by atoms with Gasteiger partial charge in [0.2, 0.25) is 0 Å². The molecule has 1 atom stereocenters. The molecule has 0 aliphatic carbocycles. The standard InChI is InChI=1S/C18H20N4O2/c1-13-10-14-4-2-3-5-16(14)22(13)17-11-15(19-12-20-17)18(23)21-6-8-24-9-7-21/h2-5,11-13H,6-10H2,1H3. The molecule has 1 aromatic heterocycles. The summed E-state index contributed by atoms with van der Waals surface area (Å²) in [5.74, 6) is 0.723. The molecule has 2 aliphatic rings. The zero-order chi connectivity index (χ0) is 16.5. The van der Waals surface area contributed by atoms with E-state index in [0.717, 1.165) is 17.9 Å². The molecule has 24 heavy (non-hydrogen) atoms. The van der Waals surface area contributed by atoms with Crippen molar-refractivity contribution >= 4 is 17.4 Å². The first kappa shape index (κ1) is 15.1. The number of rotatable bonds is 2. The number of fused-ring (bicyclic) bond motifs is 1. The number of carbonyl (C=O) groups is 1. The van der Waals surface area contributed by atoms with Crippen LogP contribution >= 0.6 is 0 Å². The minimum Gasteiger partial charge on any atom is -0.378 e. The molecule has 1 unspecified atom stereocenters. The molecule has 1 saturated heterocycles. The lowest BCUT2D eigenvalue weighted by atomic mass is 10.1. The van der Waals surface area contributed by atoms with Crippen molar-refractivity contribution in [2.45, 2.75) is 19.4 Å². The maximum atomic E-state index is 12.7. The summed E-state index contributed by atoms with van der Waals surface area (Å²) in [6.07, 6.45) is 2.46. The first-order valence-electron chi connectivity index (χ1n) is 8.30. The van der Waals surface area contributed by atoms with Crippen molar-refractivity contribution in [1.82, 2.24) is 14.9 Å². The Balaban J connectivity index is 1.64. The normalized spacial score (nSPS) is 20.1. The first-order valence-corrected chi connectivity index (χ1v) is 8.30. The summed E-state index contributed by atoms with van der Waals surface area (Å²) in [5.41, 5.74) is 2.91. The molecule has 1 aromatic carbocycles. The molecule has 1 amide bonds. The average Bonchev–Trinajstić information content (AvgIpc) is 2.97. The summed E-state index contributed by atoms with van der Waals surface area (Å²) in [6, 6.07) is 10.4. The quantitative estimate of drug-likeness (QED) is 0.846. The number of hydrogen-bond donors (Lipinski definition) is 0. The van der Waals surface area contributed by atoms with Crippen molar-refractivity contribution in [1.29, 1.82) is 0 Å². The molecular weight excluding hydrogens is 304 g/mol. The number of hydrogen-bond acceptors (Lipinski definition) is 5. The minimum absolute atomic E-state index is 0.0536. The van der Waals surface area contributed by atoms with Crippen LogP contribution in [0.2, 0.25) is 0 Å². The minimum atomic E-state index is -0.0536. The third kappa shape index (κ3) is 2.63. The molecule has 0 N–H and O–H groups in total. The van der Waals surface area contributed by atoms with Crippen LogP contribution in [0.4, 0.5) is 11.5 Å². The lowest BCUT2D eigenvalue weighted by Gasteiger charge is -2.27. The monoisotopic (exact) mass is 324 g/mol. The van der Waals surface area contributed by atoms with Crippen molar-refractivity contribution in [2.75, 3.05) is 31.2 Å². The van der Waals surface area contributed by atoms with Crippen molar-refractivity contribution in [3.05, 3.63) is 47.9 Å². The van der Waals surface area contributed by atoms with Gasteiger partial charge in [-0.2, -0.15) is 0 Å². The molecule has 1 fully saturated rings. The Hall–Kier alpha value is -2.47. The maximum Gasteiger partial charge on any atom is 0.272 e. The molecule has 0 radical (unpaired) electrons. The molecule has 0 bridgehead atoms. The zero-order valence-electron chi connectivity index (χ0n) is 13.7. The van der Waals surface area contributed by atoms with E-state index in [1.807, 2.05) is 6.07 Å². The summed E-state index contributed by atoms with van der Waals surface area (Å²) < 4.78 is 5.31. The highest BCUT2D eigenvalue weighted by molar-refractivity contribution is 5.93. The number of morpholine rings is 1. The summed E-state index contributed by atoms with van der Waals surface area (Å²) in [7, 11) is 0. The molecule has 6 nitrogen and oxygen atoms in total. The lowest BCUT2D eigenvalue weighted by Crippen LogP contribution is -2.41. The number of carbonyl (C=O) groups excluding carboxylic acids is 1. The second kappa shape index (κ2) is 6.20. The molecule has 0 saturated carbocycles. The van der Waals surface area contributed by atoms with Gasteiger partial charge in [-0.25, -0.2) is 9.97 Å². The predicted octanol–water partition coefficient (Wildman–Crippen LogP) is 2.03. The van der Waals surface area contributed by atoms with Crippen LogP contribution in [0.1, 0.15) is 23.0 Å². The average molecular weight is 324 g/mol. The third-order valence-corrected chi connectivity index (χ3v) is 4.62. The summed E-state index contributed by atoms with van der Waals surface area (Å²) >= 11 is 0. The van der Waals surface area contributed by atoms with Crippen molar-refractivity contribution in [2.24, 2.45) is 0 Å². The topological polar surface area (TPSA) is 58.6 Å². The van der Waals surface area contributed by atoms with Crippen LogP contribution in [0, 0.1) is 0 Å². The van der Waals surface area contributed by atoms with Crippen LogP contribution in [-0.2, 0) is 11.2 Å². The van der Waals surface area contributed by atoms with Gasteiger partial charge in [-0.05, 0) is 25.0 Å². The molecule has 2 aliphatic heterocycles. The number of para-hydroxylation sites is 1. The van der Waals surface area contributed by atoms with Crippen LogP contribution in [0.15, 0.2) is 36.7 Å². The molecule has 2 aromatic rings. The van der Waals surface area contributed by atoms with E-state index in [-0.39, 0.29) is 5.91 Å². The van der Waals surface area contributed by atoms with E-state index in [2.05, 4.69) is 40.0 Å². The second-order valence-electron chi connectivity index (χ2n) is 6.22. The first-order chi connectivity index (χ1) is 11.7. The SMILES string of the molecule is CC1Cc2ccccc2N1c1cc(C(=O)N2CCOCC2)ncn1. The number of nitrogens with zero attached hydrogens (tertiary/aromatic N) is 4. The van der Waals surface area contributed by atoms with Crippen molar-refractivity contribution in [3.63, 3.8) is 0 Å². The van der Waals surface area contributed by atoms with Crippen molar-refractivity contribution in [3.8, 4) is 0 Å². The van der Waals surface area contributed by atoms with Crippen molar-refractivity contribution < 1.29 is 9.53 Å². The molecule has 6 heteroatoms. The lowest BCUT2D eigenvalue weighted by molar-refractivity contribution is 0.0299. The van der Waals surface area contributed by atoms with E-state index >= 15 is 0 Å². The second-order valence-corrected chi connectivity index (χ2v) is 6.22. The van der Waals surface area contributed by atoms with E-state index in [4.69, 9.17) is 4.74 Å². The fraction of sp³-hybridized carbons (Fsp3) is 0.389. The van der Waals surface area contributed by atoms with Gasteiger partial charge in [-0.1, -0.05) is 18.2 Å². The Kier molecular flexibility index (Phi) is 3.90. The van der Waals surface area contributed by atoms with Gasteiger partial charge in [0.1, 0.15) is 17.8 Å². The predicted molar refractivity (Wildman–Crippen MR) is 90.5 cm³/mol.